The summed E-state index contributed by atoms with van der Waals surface area (Å²) in [4.78, 5) is 10.5. The van der Waals surface area contributed by atoms with E-state index in [1.165, 1.54) is 13.2 Å². The Morgan fingerprint density at radius 2 is 2.11 bits per heavy atom. The predicted octanol–water partition coefficient (Wildman–Crippen LogP) is 1.68. The van der Waals surface area contributed by atoms with Gasteiger partial charge in [0, 0.05) is 20.8 Å². The van der Waals surface area contributed by atoms with Crippen molar-refractivity contribution < 1.29 is 19.1 Å². The average molecular weight is 270 g/mol. The van der Waals surface area contributed by atoms with Gasteiger partial charge in [0.2, 0.25) is 0 Å². The third-order valence-corrected chi connectivity index (χ3v) is 2.61. The van der Waals surface area contributed by atoms with Crippen LogP contribution in [0.3, 0.4) is 0 Å². The number of hydrogen-bond acceptors (Lipinski definition) is 6. The first-order valence-corrected chi connectivity index (χ1v) is 5.70. The van der Waals surface area contributed by atoms with Gasteiger partial charge in [0.1, 0.15) is 11.4 Å². The summed E-state index contributed by atoms with van der Waals surface area (Å²) in [5, 5.41) is 14.0. The van der Waals surface area contributed by atoms with Crippen molar-refractivity contribution in [1.29, 1.82) is 0 Å². The number of benzene rings is 1. The highest BCUT2D eigenvalue weighted by Gasteiger charge is 2.16. The highest BCUT2D eigenvalue weighted by molar-refractivity contribution is 5.63. The molecule has 1 atom stereocenters. The van der Waals surface area contributed by atoms with Gasteiger partial charge in [-0.05, 0) is 12.1 Å². The second-order valence-corrected chi connectivity index (χ2v) is 3.83. The maximum atomic E-state index is 11.0. The molecule has 0 aliphatic heterocycles. The fraction of sp³-hybridized carbons (Fsp3) is 0.500. The molecule has 0 aliphatic rings. The van der Waals surface area contributed by atoms with Crippen LogP contribution < -0.4 is 10.1 Å². The summed E-state index contributed by atoms with van der Waals surface area (Å²) >= 11 is 0. The van der Waals surface area contributed by atoms with Crippen LogP contribution in [0.2, 0.25) is 0 Å². The number of nitrogens with one attached hydrogen (secondary N) is 1. The van der Waals surface area contributed by atoms with E-state index in [4.69, 9.17) is 14.2 Å². The number of hydrogen-bond donors (Lipinski definition) is 1. The van der Waals surface area contributed by atoms with Crippen LogP contribution in [-0.4, -0.2) is 45.5 Å². The number of rotatable bonds is 8. The van der Waals surface area contributed by atoms with Gasteiger partial charge in [-0.1, -0.05) is 0 Å². The highest BCUT2D eigenvalue weighted by atomic mass is 16.6. The van der Waals surface area contributed by atoms with Crippen LogP contribution in [0, 0.1) is 10.1 Å². The van der Waals surface area contributed by atoms with Gasteiger partial charge >= 0.3 is 0 Å². The first kappa shape index (κ1) is 15.2. The van der Waals surface area contributed by atoms with E-state index in [-0.39, 0.29) is 11.8 Å². The monoisotopic (exact) mass is 270 g/mol. The Labute approximate surface area is 111 Å². The zero-order chi connectivity index (χ0) is 14.3. The molecule has 0 aromatic heterocycles. The third kappa shape index (κ3) is 4.38. The Kier molecular flexibility index (Phi) is 6.04. The van der Waals surface area contributed by atoms with Crippen molar-refractivity contribution in [1.82, 2.24) is 0 Å². The predicted molar refractivity (Wildman–Crippen MR) is 70.8 cm³/mol. The molecule has 0 bridgehead atoms. The van der Waals surface area contributed by atoms with Gasteiger partial charge < -0.3 is 19.5 Å². The Morgan fingerprint density at radius 1 is 1.37 bits per heavy atom. The lowest BCUT2D eigenvalue weighted by molar-refractivity contribution is -0.384. The standard InChI is InChI=1S/C12H18N2O5/c1-17-8-10(19-3)7-13-11-5-4-9(18-2)6-12(11)14(15)16/h4-6,10,13H,7-8H2,1-3H3. The molecule has 106 valence electrons. The lowest BCUT2D eigenvalue weighted by Gasteiger charge is -2.16. The van der Waals surface area contributed by atoms with Crippen molar-refractivity contribution in [2.24, 2.45) is 0 Å². The summed E-state index contributed by atoms with van der Waals surface area (Å²) in [6, 6.07) is 4.64. The molecule has 0 saturated carbocycles. The molecular formula is C12H18N2O5. The van der Waals surface area contributed by atoms with Crippen LogP contribution in [0.4, 0.5) is 11.4 Å². The summed E-state index contributed by atoms with van der Waals surface area (Å²) in [6.45, 7) is 0.824. The number of nitrogens with zero attached hydrogens (tertiary/aromatic N) is 1. The van der Waals surface area contributed by atoms with Crippen LogP contribution in [0.25, 0.3) is 0 Å². The Bertz CT molecular complexity index is 425. The van der Waals surface area contributed by atoms with Gasteiger partial charge in [-0.2, -0.15) is 0 Å². The molecule has 0 amide bonds. The molecule has 0 spiro atoms. The molecule has 1 aromatic carbocycles. The topological polar surface area (TPSA) is 82.9 Å². The molecule has 0 fully saturated rings. The van der Waals surface area contributed by atoms with Crippen LogP contribution in [-0.2, 0) is 9.47 Å². The van der Waals surface area contributed by atoms with E-state index in [1.54, 1.807) is 26.4 Å². The zero-order valence-corrected chi connectivity index (χ0v) is 11.2. The zero-order valence-electron chi connectivity index (χ0n) is 11.2. The maximum Gasteiger partial charge on any atom is 0.296 e. The molecule has 0 heterocycles. The van der Waals surface area contributed by atoms with E-state index in [9.17, 15) is 10.1 Å². The Morgan fingerprint density at radius 3 is 2.63 bits per heavy atom. The summed E-state index contributed by atoms with van der Waals surface area (Å²) in [5.41, 5.74) is 0.385. The van der Waals surface area contributed by atoms with Crippen LogP contribution >= 0.6 is 0 Å². The molecule has 7 nitrogen and oxygen atoms in total. The summed E-state index contributed by atoms with van der Waals surface area (Å²) < 4.78 is 15.1. The van der Waals surface area contributed by atoms with Gasteiger partial charge in [-0.25, -0.2) is 0 Å². The van der Waals surface area contributed by atoms with E-state index in [1.807, 2.05) is 0 Å². The van der Waals surface area contributed by atoms with Crippen LogP contribution in [0.15, 0.2) is 18.2 Å². The fourth-order valence-corrected chi connectivity index (χ4v) is 1.56. The molecule has 0 radical (unpaired) electrons. The summed E-state index contributed by atoms with van der Waals surface area (Å²) in [6.07, 6.45) is -0.174. The Balaban J connectivity index is 2.79. The van der Waals surface area contributed by atoms with Gasteiger partial charge in [-0.3, -0.25) is 10.1 Å². The van der Waals surface area contributed by atoms with Gasteiger partial charge in [0.05, 0.1) is 30.8 Å². The largest absolute Gasteiger partial charge is 0.496 e. The number of anilines is 1. The van der Waals surface area contributed by atoms with Crippen molar-refractivity contribution in [2.75, 3.05) is 39.8 Å². The molecule has 1 N–H and O–H groups in total. The Hall–Kier alpha value is -1.86. The molecule has 1 rings (SSSR count). The molecule has 1 unspecified atom stereocenters. The molecular weight excluding hydrogens is 252 g/mol. The highest BCUT2D eigenvalue weighted by Crippen LogP contribution is 2.28. The minimum absolute atomic E-state index is 0.0355. The maximum absolute atomic E-state index is 11.0. The van der Waals surface area contributed by atoms with Crippen molar-refractivity contribution in [3.8, 4) is 5.75 Å². The summed E-state index contributed by atoms with van der Waals surface area (Å²) in [7, 11) is 4.60. The molecule has 1 aromatic rings. The van der Waals surface area contributed by atoms with Gasteiger partial charge in [0.15, 0.2) is 0 Å². The third-order valence-electron chi connectivity index (χ3n) is 2.61. The number of nitro benzene ring substituents is 1. The van der Waals surface area contributed by atoms with Gasteiger partial charge in [0.25, 0.3) is 5.69 Å². The molecule has 0 aliphatic carbocycles. The van der Waals surface area contributed by atoms with Gasteiger partial charge in [-0.15, -0.1) is 0 Å². The first-order valence-electron chi connectivity index (χ1n) is 5.70. The lowest BCUT2D eigenvalue weighted by Crippen LogP contribution is -2.26. The van der Waals surface area contributed by atoms with E-state index >= 15 is 0 Å². The van der Waals surface area contributed by atoms with Crippen molar-refractivity contribution in [3.05, 3.63) is 28.3 Å². The van der Waals surface area contributed by atoms with E-state index in [0.717, 1.165) is 0 Å². The first-order chi connectivity index (χ1) is 9.12. The summed E-state index contributed by atoms with van der Waals surface area (Å²) in [5.74, 6) is 0.442. The molecule has 19 heavy (non-hydrogen) atoms. The normalized spacial score (nSPS) is 11.9. The lowest BCUT2D eigenvalue weighted by atomic mass is 10.2. The van der Waals surface area contributed by atoms with Crippen LogP contribution in [0.1, 0.15) is 0 Å². The van der Waals surface area contributed by atoms with Crippen LogP contribution in [0.5, 0.6) is 5.75 Å². The van der Waals surface area contributed by atoms with Crippen molar-refractivity contribution >= 4 is 11.4 Å². The average Bonchev–Trinajstić information content (AvgIpc) is 2.43. The molecule has 7 heteroatoms. The van der Waals surface area contributed by atoms with E-state index in [0.29, 0.717) is 24.6 Å². The van der Waals surface area contributed by atoms with E-state index < -0.39 is 4.92 Å². The van der Waals surface area contributed by atoms with Crippen molar-refractivity contribution in [2.45, 2.75) is 6.10 Å². The van der Waals surface area contributed by atoms with E-state index in [2.05, 4.69) is 5.32 Å². The SMILES string of the molecule is COCC(CNc1ccc(OC)cc1[N+](=O)[O-])OC. The number of ether oxygens (including phenoxy) is 3. The fourth-order valence-electron chi connectivity index (χ4n) is 1.56. The number of methoxy groups -OCH3 is 3. The number of nitro groups is 1. The second kappa shape index (κ2) is 7.55. The quantitative estimate of drug-likeness (QED) is 0.571. The second-order valence-electron chi connectivity index (χ2n) is 3.83. The minimum atomic E-state index is -0.455. The minimum Gasteiger partial charge on any atom is -0.496 e. The molecule has 0 saturated heterocycles. The van der Waals surface area contributed by atoms with Crippen molar-refractivity contribution in [3.63, 3.8) is 0 Å². The smallest absolute Gasteiger partial charge is 0.296 e.